The molecule has 5 rings (SSSR count). The van der Waals surface area contributed by atoms with Crippen LogP contribution in [0, 0.1) is 5.92 Å². The van der Waals surface area contributed by atoms with E-state index in [4.69, 9.17) is 9.47 Å². The normalized spacial score (nSPS) is 25.6. The number of ether oxygens (including phenoxy) is 2. The molecular weight excluding hydrogens is 308 g/mol. The van der Waals surface area contributed by atoms with Gasteiger partial charge in [-0.3, -0.25) is 4.79 Å². The van der Waals surface area contributed by atoms with E-state index >= 15 is 0 Å². The molecule has 3 unspecified atom stereocenters. The number of hydrogen-bond acceptors (Lipinski definition) is 5. The van der Waals surface area contributed by atoms with Gasteiger partial charge in [-0.1, -0.05) is 0 Å². The summed E-state index contributed by atoms with van der Waals surface area (Å²) in [5.74, 6) is 1.89. The molecule has 1 aromatic carbocycles. The number of carbonyl (C=O) groups is 1. The fourth-order valence-electron chi connectivity index (χ4n) is 3.76. The molecule has 24 heavy (non-hydrogen) atoms. The first kappa shape index (κ1) is 13.7. The van der Waals surface area contributed by atoms with Crippen molar-refractivity contribution in [2.45, 2.75) is 24.9 Å². The number of carboxylic acid groups (broad SMARTS) is 1. The van der Waals surface area contributed by atoms with E-state index in [0.29, 0.717) is 5.75 Å². The van der Waals surface area contributed by atoms with Crippen molar-refractivity contribution in [3.63, 3.8) is 0 Å². The monoisotopic (exact) mass is 324 g/mol. The van der Waals surface area contributed by atoms with Gasteiger partial charge < -0.3 is 19.9 Å². The Labute approximate surface area is 138 Å². The van der Waals surface area contributed by atoms with Crippen LogP contribution in [0.4, 0.5) is 5.82 Å². The third-order valence-corrected chi connectivity index (χ3v) is 4.98. The van der Waals surface area contributed by atoms with Crippen molar-refractivity contribution in [2.24, 2.45) is 5.92 Å². The number of anilines is 1. The lowest BCUT2D eigenvalue weighted by Gasteiger charge is -2.20. The summed E-state index contributed by atoms with van der Waals surface area (Å²) in [6.45, 7) is 0.930. The first-order valence-corrected chi connectivity index (χ1v) is 8.15. The van der Waals surface area contributed by atoms with E-state index in [1.807, 2.05) is 24.3 Å². The van der Waals surface area contributed by atoms with Gasteiger partial charge in [-0.05, 0) is 37.1 Å². The number of nitrogens with one attached hydrogen (secondary N) is 1. The third-order valence-electron chi connectivity index (χ3n) is 4.98. The molecule has 2 aromatic rings. The van der Waals surface area contributed by atoms with Gasteiger partial charge in [0.2, 0.25) is 0 Å². The number of carboxylic acids is 1. The smallest absolute Gasteiger partial charge is 0.311 e. The Morgan fingerprint density at radius 2 is 2.29 bits per heavy atom. The lowest BCUT2D eigenvalue weighted by molar-refractivity contribution is -0.139. The van der Waals surface area contributed by atoms with E-state index in [1.54, 1.807) is 6.20 Å². The number of nitrogens with zero attached hydrogens (tertiary/aromatic N) is 1. The van der Waals surface area contributed by atoms with E-state index < -0.39 is 11.9 Å². The number of benzene rings is 1. The summed E-state index contributed by atoms with van der Waals surface area (Å²) >= 11 is 0. The molecule has 0 spiro atoms. The maximum absolute atomic E-state index is 11.2. The van der Waals surface area contributed by atoms with Crippen LogP contribution in [0.1, 0.15) is 23.5 Å². The number of hydrogen-bond donors (Lipinski definition) is 2. The Morgan fingerprint density at radius 3 is 3.17 bits per heavy atom. The van der Waals surface area contributed by atoms with E-state index in [1.165, 1.54) is 0 Å². The molecular formula is C18H16N2O4. The van der Waals surface area contributed by atoms with Crippen LogP contribution in [-0.2, 0) is 11.2 Å². The number of aromatic nitrogens is 1. The van der Waals surface area contributed by atoms with Crippen LogP contribution in [0.15, 0.2) is 30.5 Å². The predicted octanol–water partition coefficient (Wildman–Crippen LogP) is 2.79. The fourth-order valence-corrected chi connectivity index (χ4v) is 3.76. The molecule has 0 saturated heterocycles. The summed E-state index contributed by atoms with van der Waals surface area (Å²) in [7, 11) is 0. The molecule has 1 fully saturated rings. The molecule has 2 N–H and O–H groups in total. The second-order valence-electron chi connectivity index (χ2n) is 6.44. The van der Waals surface area contributed by atoms with Crippen LogP contribution in [-0.4, -0.2) is 28.7 Å². The Bertz CT molecular complexity index is 851. The van der Waals surface area contributed by atoms with Crippen molar-refractivity contribution in [2.75, 3.05) is 11.9 Å². The fraction of sp³-hybridized carbons (Fsp3) is 0.333. The number of rotatable bonds is 3. The van der Waals surface area contributed by atoms with E-state index in [9.17, 15) is 9.90 Å². The summed E-state index contributed by atoms with van der Waals surface area (Å²) in [5.41, 5.74) is 2.03. The minimum atomic E-state index is -0.795. The molecule has 0 bridgehead atoms. The summed E-state index contributed by atoms with van der Waals surface area (Å²) < 4.78 is 11.8. The maximum Gasteiger partial charge on any atom is 0.311 e. The van der Waals surface area contributed by atoms with Gasteiger partial charge in [-0.15, -0.1) is 0 Å². The number of fused-ring (bicyclic) bond motifs is 4. The van der Waals surface area contributed by atoms with Crippen LogP contribution >= 0.6 is 0 Å². The predicted molar refractivity (Wildman–Crippen MR) is 85.8 cm³/mol. The molecule has 6 nitrogen and oxygen atoms in total. The largest absolute Gasteiger partial charge is 0.489 e. The van der Waals surface area contributed by atoms with Crippen LogP contribution in [0.25, 0.3) is 0 Å². The van der Waals surface area contributed by atoms with E-state index in [0.717, 1.165) is 47.8 Å². The Hall–Kier alpha value is -2.76. The lowest BCUT2D eigenvalue weighted by atomic mass is 10.1. The zero-order valence-corrected chi connectivity index (χ0v) is 12.9. The molecule has 1 aromatic heterocycles. The molecule has 3 heterocycles. The lowest BCUT2D eigenvalue weighted by Crippen LogP contribution is -2.13. The summed E-state index contributed by atoms with van der Waals surface area (Å²) in [4.78, 5) is 15.5. The van der Waals surface area contributed by atoms with Crippen molar-refractivity contribution in [1.29, 1.82) is 0 Å². The van der Waals surface area contributed by atoms with E-state index in [2.05, 4.69) is 10.3 Å². The standard InChI is InChI=1S/C18H16N2O4/c21-18(22)15-14-11-8-9(3-4-12(11)24-16(14)15)23-13-5-7-20-17-10(13)2-1-6-19-17/h3-5,7-8,14-16H,1-2,6H2,(H,19,20)(H,21,22). The number of aliphatic carboxylic acids is 1. The average molecular weight is 324 g/mol. The van der Waals surface area contributed by atoms with Crippen LogP contribution in [0.3, 0.4) is 0 Å². The van der Waals surface area contributed by atoms with Crippen molar-refractivity contribution in [1.82, 2.24) is 4.98 Å². The SMILES string of the molecule is O=C(O)C1C2Oc3ccc(Oc4ccnc5c4CCCN5)cc3C21. The second-order valence-corrected chi connectivity index (χ2v) is 6.44. The highest BCUT2D eigenvalue weighted by atomic mass is 16.5. The molecule has 0 amide bonds. The molecule has 6 heteroatoms. The molecule has 3 aliphatic rings. The third kappa shape index (κ3) is 1.95. The van der Waals surface area contributed by atoms with Gasteiger partial charge in [0.15, 0.2) is 0 Å². The Kier molecular flexibility index (Phi) is 2.77. The summed E-state index contributed by atoms with van der Waals surface area (Å²) in [6.07, 6.45) is 3.51. The quantitative estimate of drug-likeness (QED) is 0.903. The summed E-state index contributed by atoms with van der Waals surface area (Å²) in [5, 5.41) is 12.5. The van der Waals surface area contributed by atoms with Gasteiger partial charge in [0.1, 0.15) is 35.1 Å². The average Bonchev–Trinajstić information content (AvgIpc) is 3.20. The summed E-state index contributed by atoms with van der Waals surface area (Å²) in [6, 6.07) is 7.51. The van der Waals surface area contributed by atoms with Gasteiger partial charge in [-0.25, -0.2) is 4.98 Å². The van der Waals surface area contributed by atoms with Gasteiger partial charge >= 0.3 is 5.97 Å². The highest BCUT2D eigenvalue weighted by molar-refractivity contribution is 5.79. The minimum absolute atomic E-state index is 0.0472. The molecule has 3 atom stereocenters. The van der Waals surface area contributed by atoms with Crippen LogP contribution in [0.5, 0.6) is 17.2 Å². The molecule has 0 radical (unpaired) electrons. The number of pyridine rings is 1. The Morgan fingerprint density at radius 1 is 1.38 bits per heavy atom. The van der Waals surface area contributed by atoms with Gasteiger partial charge in [-0.2, -0.15) is 0 Å². The maximum atomic E-state index is 11.2. The zero-order chi connectivity index (χ0) is 16.3. The first-order valence-electron chi connectivity index (χ1n) is 8.15. The minimum Gasteiger partial charge on any atom is -0.489 e. The highest BCUT2D eigenvalue weighted by Crippen LogP contribution is 2.59. The van der Waals surface area contributed by atoms with Crippen molar-refractivity contribution in [3.05, 3.63) is 41.6 Å². The van der Waals surface area contributed by atoms with Gasteiger partial charge in [0.25, 0.3) is 0 Å². The second kappa shape index (κ2) is 4.87. The molecule has 1 aliphatic carbocycles. The van der Waals surface area contributed by atoms with Crippen LogP contribution < -0.4 is 14.8 Å². The van der Waals surface area contributed by atoms with Crippen molar-refractivity contribution in [3.8, 4) is 17.2 Å². The van der Waals surface area contributed by atoms with E-state index in [-0.39, 0.29) is 12.0 Å². The molecule has 1 saturated carbocycles. The highest BCUT2D eigenvalue weighted by Gasteiger charge is 2.63. The van der Waals surface area contributed by atoms with Gasteiger partial charge in [0.05, 0.1) is 0 Å². The Balaban J connectivity index is 1.45. The molecule has 2 aliphatic heterocycles. The molecule has 122 valence electrons. The van der Waals surface area contributed by atoms with Crippen molar-refractivity contribution >= 4 is 11.8 Å². The first-order chi connectivity index (χ1) is 11.7. The zero-order valence-electron chi connectivity index (χ0n) is 12.9. The topological polar surface area (TPSA) is 80.7 Å². The van der Waals surface area contributed by atoms with Gasteiger partial charge in [0, 0.05) is 29.8 Å². The van der Waals surface area contributed by atoms with Crippen molar-refractivity contribution < 1.29 is 19.4 Å². The van der Waals surface area contributed by atoms with Crippen LogP contribution in [0.2, 0.25) is 0 Å².